The lowest BCUT2D eigenvalue weighted by molar-refractivity contribution is -0.136. The molecule has 0 aromatic heterocycles. The van der Waals surface area contributed by atoms with E-state index in [1.54, 1.807) is 24.3 Å². The number of hydrogen-bond donors (Lipinski definition) is 0. The third-order valence-electron chi connectivity index (χ3n) is 5.25. The fourth-order valence-electron chi connectivity index (χ4n) is 3.96. The van der Waals surface area contributed by atoms with Crippen molar-refractivity contribution in [3.05, 3.63) is 46.7 Å². The van der Waals surface area contributed by atoms with Gasteiger partial charge in [0.1, 0.15) is 12.4 Å². The molecule has 5 rings (SSSR count). The molecule has 0 fully saturated rings. The third-order valence-corrected chi connectivity index (χ3v) is 5.25. The highest BCUT2D eigenvalue weighted by Crippen LogP contribution is 2.52. The molecule has 0 radical (unpaired) electrons. The van der Waals surface area contributed by atoms with Gasteiger partial charge in [0, 0.05) is 24.5 Å². The first-order valence-electron chi connectivity index (χ1n) is 9.46. The maximum Gasteiger partial charge on any atom is 0.339 e. The number of carbonyl (C=O) groups excluding carboxylic acids is 2. The highest BCUT2D eigenvalue weighted by atomic mass is 16.7. The van der Waals surface area contributed by atoms with Crippen molar-refractivity contribution in [1.29, 1.82) is 0 Å². The number of esters is 2. The standard InChI is InChI=1S/C22H18O9/c1-10(23)30-21-16(25-2)4-11(5-17(21)26-3)19-12-6-14-15(29-9-28-14)7-13(12)31-18-8-27-22(24)20(18)19/h4-7,19H,8-9H2,1-3H3/t19-/m0/s1. The normalized spacial score (nSPS) is 18.0. The Bertz CT molecular complexity index is 1120. The Kier molecular flexibility index (Phi) is 4.39. The number of ether oxygens (including phenoxy) is 7. The summed E-state index contributed by atoms with van der Waals surface area (Å²) in [6.07, 6.45) is 0. The van der Waals surface area contributed by atoms with Crippen molar-refractivity contribution in [2.24, 2.45) is 0 Å². The second-order valence-corrected chi connectivity index (χ2v) is 7.04. The first-order valence-corrected chi connectivity index (χ1v) is 9.46. The van der Waals surface area contributed by atoms with E-state index in [1.165, 1.54) is 21.1 Å². The molecular weight excluding hydrogens is 408 g/mol. The van der Waals surface area contributed by atoms with Crippen LogP contribution in [0.25, 0.3) is 0 Å². The molecule has 2 aromatic rings. The summed E-state index contributed by atoms with van der Waals surface area (Å²) in [6, 6.07) is 6.91. The number of benzene rings is 2. The van der Waals surface area contributed by atoms with Crippen molar-refractivity contribution in [2.45, 2.75) is 12.8 Å². The molecule has 0 spiro atoms. The van der Waals surface area contributed by atoms with Gasteiger partial charge in [-0.05, 0) is 23.8 Å². The van der Waals surface area contributed by atoms with Crippen molar-refractivity contribution in [3.8, 4) is 34.5 Å². The monoisotopic (exact) mass is 426 g/mol. The molecule has 0 unspecified atom stereocenters. The fraction of sp³-hybridized carbons (Fsp3) is 0.273. The van der Waals surface area contributed by atoms with Crippen LogP contribution in [-0.4, -0.2) is 39.6 Å². The van der Waals surface area contributed by atoms with Gasteiger partial charge in [-0.15, -0.1) is 0 Å². The Balaban J connectivity index is 1.72. The van der Waals surface area contributed by atoms with Gasteiger partial charge in [0.15, 0.2) is 28.8 Å². The molecule has 3 aliphatic rings. The Hall–Kier alpha value is -3.88. The number of fused-ring (bicyclic) bond motifs is 2. The van der Waals surface area contributed by atoms with Crippen molar-refractivity contribution in [2.75, 3.05) is 27.6 Å². The number of rotatable bonds is 4. The van der Waals surface area contributed by atoms with Crippen LogP contribution in [0.5, 0.6) is 34.5 Å². The van der Waals surface area contributed by atoms with E-state index in [4.69, 9.17) is 33.2 Å². The summed E-state index contributed by atoms with van der Waals surface area (Å²) in [4.78, 5) is 24.2. The molecule has 0 saturated carbocycles. The molecule has 0 saturated heterocycles. The van der Waals surface area contributed by atoms with E-state index in [9.17, 15) is 9.59 Å². The van der Waals surface area contributed by atoms with Gasteiger partial charge in [-0.25, -0.2) is 4.79 Å². The van der Waals surface area contributed by atoms with Gasteiger partial charge in [0.25, 0.3) is 0 Å². The predicted octanol–water partition coefficient (Wildman–Crippen LogP) is 2.69. The molecule has 9 nitrogen and oxygen atoms in total. The average molecular weight is 426 g/mol. The Morgan fingerprint density at radius 2 is 1.65 bits per heavy atom. The van der Waals surface area contributed by atoms with Gasteiger partial charge in [-0.2, -0.15) is 0 Å². The largest absolute Gasteiger partial charge is 0.493 e. The summed E-state index contributed by atoms with van der Waals surface area (Å²) in [5.74, 6) is 1.28. The van der Waals surface area contributed by atoms with E-state index < -0.39 is 17.9 Å². The summed E-state index contributed by atoms with van der Waals surface area (Å²) >= 11 is 0. The summed E-state index contributed by atoms with van der Waals surface area (Å²) in [5, 5.41) is 0. The van der Waals surface area contributed by atoms with E-state index in [1.807, 2.05) is 0 Å². The molecule has 1 atom stereocenters. The third kappa shape index (κ3) is 3.00. The molecular formula is C22H18O9. The molecule has 0 aliphatic carbocycles. The second kappa shape index (κ2) is 7.12. The molecule has 0 bridgehead atoms. The van der Waals surface area contributed by atoms with Crippen LogP contribution >= 0.6 is 0 Å². The van der Waals surface area contributed by atoms with Gasteiger partial charge in [0.2, 0.25) is 12.5 Å². The van der Waals surface area contributed by atoms with Crippen LogP contribution in [0.15, 0.2) is 35.6 Å². The van der Waals surface area contributed by atoms with Crippen molar-refractivity contribution >= 4 is 11.9 Å². The van der Waals surface area contributed by atoms with E-state index in [2.05, 4.69) is 0 Å². The van der Waals surface area contributed by atoms with Gasteiger partial charge in [-0.3, -0.25) is 4.79 Å². The van der Waals surface area contributed by atoms with Crippen LogP contribution in [0.3, 0.4) is 0 Å². The molecule has 9 heteroatoms. The number of methoxy groups -OCH3 is 2. The lowest BCUT2D eigenvalue weighted by Crippen LogP contribution is -2.18. The topological polar surface area (TPSA) is 98.8 Å². The molecule has 3 aliphatic heterocycles. The lowest BCUT2D eigenvalue weighted by Gasteiger charge is -2.27. The average Bonchev–Trinajstić information content (AvgIpc) is 3.36. The van der Waals surface area contributed by atoms with Gasteiger partial charge in [-0.1, -0.05) is 0 Å². The minimum absolute atomic E-state index is 0.0400. The van der Waals surface area contributed by atoms with E-state index in [0.717, 1.165) is 0 Å². The smallest absolute Gasteiger partial charge is 0.339 e. The summed E-state index contributed by atoms with van der Waals surface area (Å²) in [5.41, 5.74) is 1.75. The van der Waals surface area contributed by atoms with Crippen LogP contribution in [0.2, 0.25) is 0 Å². The summed E-state index contributed by atoms with van der Waals surface area (Å²) < 4.78 is 38.4. The number of hydrogen-bond acceptors (Lipinski definition) is 9. The van der Waals surface area contributed by atoms with Crippen molar-refractivity contribution in [1.82, 2.24) is 0 Å². The predicted molar refractivity (Wildman–Crippen MR) is 104 cm³/mol. The van der Waals surface area contributed by atoms with Crippen LogP contribution in [0, 0.1) is 0 Å². The zero-order chi connectivity index (χ0) is 21.7. The van der Waals surface area contributed by atoms with E-state index in [-0.39, 0.29) is 30.6 Å². The molecule has 160 valence electrons. The molecule has 3 heterocycles. The summed E-state index contributed by atoms with van der Waals surface area (Å²) in [6.45, 7) is 1.44. The Morgan fingerprint density at radius 3 is 2.29 bits per heavy atom. The van der Waals surface area contributed by atoms with Gasteiger partial charge in [0.05, 0.1) is 19.8 Å². The first-order chi connectivity index (χ1) is 15.0. The number of carbonyl (C=O) groups is 2. The summed E-state index contributed by atoms with van der Waals surface area (Å²) in [7, 11) is 2.91. The van der Waals surface area contributed by atoms with E-state index >= 15 is 0 Å². The zero-order valence-electron chi connectivity index (χ0n) is 17.0. The Morgan fingerprint density at radius 1 is 0.968 bits per heavy atom. The highest BCUT2D eigenvalue weighted by Gasteiger charge is 2.42. The second-order valence-electron chi connectivity index (χ2n) is 7.04. The van der Waals surface area contributed by atoms with Crippen LogP contribution < -0.4 is 28.4 Å². The molecule has 0 amide bonds. The maximum atomic E-state index is 12.6. The van der Waals surface area contributed by atoms with Crippen LogP contribution in [0.1, 0.15) is 24.0 Å². The Labute approximate surface area is 177 Å². The minimum atomic E-state index is -0.544. The van der Waals surface area contributed by atoms with Crippen LogP contribution in [-0.2, 0) is 14.3 Å². The molecule has 2 aromatic carbocycles. The molecule has 31 heavy (non-hydrogen) atoms. The first kappa shape index (κ1) is 19.1. The SMILES string of the molecule is COc1cc([C@@H]2C3=C(COC3=O)Oc3cc4c(cc32)OCO4)cc(OC)c1OC(C)=O. The van der Waals surface area contributed by atoms with Crippen molar-refractivity contribution in [3.63, 3.8) is 0 Å². The quantitative estimate of drug-likeness (QED) is 0.540. The minimum Gasteiger partial charge on any atom is -0.493 e. The maximum absolute atomic E-state index is 12.6. The van der Waals surface area contributed by atoms with Gasteiger partial charge < -0.3 is 33.2 Å². The number of cyclic esters (lactones) is 1. The highest BCUT2D eigenvalue weighted by molar-refractivity contribution is 5.95. The van der Waals surface area contributed by atoms with Crippen LogP contribution in [0.4, 0.5) is 0 Å². The van der Waals surface area contributed by atoms with E-state index in [0.29, 0.717) is 39.7 Å². The zero-order valence-corrected chi connectivity index (χ0v) is 17.0. The lowest BCUT2D eigenvalue weighted by atomic mass is 9.82. The van der Waals surface area contributed by atoms with Gasteiger partial charge >= 0.3 is 11.9 Å². The molecule has 0 N–H and O–H groups in total. The fourth-order valence-corrected chi connectivity index (χ4v) is 3.96. The van der Waals surface area contributed by atoms with Crippen molar-refractivity contribution < 1.29 is 42.7 Å².